The van der Waals surface area contributed by atoms with E-state index in [1.165, 1.54) is 20.3 Å². The van der Waals surface area contributed by atoms with Gasteiger partial charge in [0.25, 0.3) is 11.7 Å². The van der Waals surface area contributed by atoms with Crippen LogP contribution in [0.2, 0.25) is 0 Å². The predicted octanol–water partition coefficient (Wildman–Crippen LogP) is 5.37. The van der Waals surface area contributed by atoms with Crippen LogP contribution in [0.5, 0.6) is 17.2 Å². The average Bonchev–Trinajstić information content (AvgIpc) is 3.79. The lowest BCUT2D eigenvalue weighted by molar-refractivity contribution is -0.175. The van der Waals surface area contributed by atoms with Crippen molar-refractivity contribution in [2.45, 2.75) is 117 Å². The van der Waals surface area contributed by atoms with Crippen LogP contribution in [0.15, 0.2) is 46.1 Å². The Morgan fingerprint density at radius 2 is 1.70 bits per heavy atom. The standard InChI is InChI=1S/C52H72N6O11/c1-28(2)24-57-18-16-52(17-19-57)54-39-36-37-43(60)34(8)46-38(36)47(62)50(9,69-46)66-21-15-35(65-11)32(6)45(68-49(64)58-20-22-67-51(27-58)25-56(10)26-51)33(7)42(59)31(5)23-29(3)13-12-14-30(4)48(63)53-41(44(37)61)40(39)55-52/h12-15,21,28-29,31-33,35,42,45,54,59-61H,16-20,22-27H2,1-11H3/b13-12+,21-15+,30-14-,53-41?/t29-,31+,32+,33+,35-,42?,45+,50?/m0/s1. The molecule has 7 heterocycles. The third kappa shape index (κ3) is 9.49. The Balaban J connectivity index is 1.20. The van der Waals surface area contributed by atoms with Crippen molar-refractivity contribution in [3.05, 3.63) is 58.0 Å². The molecule has 4 N–H and O–H groups in total. The molecule has 17 nitrogen and oxygen atoms in total. The lowest BCUT2D eigenvalue weighted by Crippen LogP contribution is -2.69. The van der Waals surface area contributed by atoms with Gasteiger partial charge in [-0.15, -0.1) is 0 Å². The number of phenols is 2. The van der Waals surface area contributed by atoms with Gasteiger partial charge in [0.05, 0.1) is 48.3 Å². The second-order valence-corrected chi connectivity index (χ2v) is 21.4. The summed E-state index contributed by atoms with van der Waals surface area (Å²) in [5, 5.41) is 40.0. The monoisotopic (exact) mass is 957 g/mol. The number of aromatic hydroxyl groups is 2. The number of Topliss-reactive ketones (excluding diaryl/α,β-unsaturated/α-hetero) is 1. The molecule has 7 aliphatic rings. The zero-order valence-electron chi connectivity index (χ0n) is 42.1. The SMILES string of the molecule is CO[C@H]1/C=C/OC2(C)Oc3c(C)c(O)c4c(O)c(c5c(c4c3C2=O)NC2(CCN(CC(C)C)CC2)N=5)=NC(=O)/C(C)=C\C=C\[C@H](C)C[C@@H](C)C(O)[C@@H](C)[C@H](OC(=O)N2CCOC3(CN(C)C3)C2)[C@@H]1C. The number of rotatable bonds is 4. The molecule has 8 atom stereocenters. The number of hydrogen-bond acceptors (Lipinski definition) is 15. The van der Waals surface area contributed by atoms with Crippen LogP contribution in [0, 0.1) is 36.5 Å². The number of amides is 2. The summed E-state index contributed by atoms with van der Waals surface area (Å²) >= 11 is 0. The number of aliphatic hydroxyl groups is 1. The Kier molecular flexibility index (Phi) is 14.1. The molecule has 2 aromatic carbocycles. The van der Waals surface area contributed by atoms with Crippen LogP contribution in [0.4, 0.5) is 10.5 Å². The molecule has 0 saturated carbocycles. The molecule has 0 radical (unpaired) electrons. The first kappa shape index (κ1) is 50.3. The number of fused-ring (bicyclic) bond motifs is 13. The van der Waals surface area contributed by atoms with Crippen LogP contribution >= 0.6 is 0 Å². The maximum absolute atomic E-state index is 14.9. The molecule has 0 aromatic heterocycles. The van der Waals surface area contributed by atoms with E-state index in [-0.39, 0.29) is 61.5 Å². The minimum absolute atomic E-state index is 0.0290. The average molecular weight is 957 g/mol. The van der Waals surface area contributed by atoms with E-state index in [0.29, 0.717) is 63.7 Å². The van der Waals surface area contributed by atoms with Gasteiger partial charge in [0.2, 0.25) is 0 Å². The fourth-order valence-electron chi connectivity index (χ4n) is 11.4. The number of phenolic OH excluding ortho intramolecular Hbond substituents is 2. The summed E-state index contributed by atoms with van der Waals surface area (Å²) in [7, 11) is 3.53. The molecule has 2 amide bonds. The van der Waals surface area contributed by atoms with Gasteiger partial charge >= 0.3 is 11.9 Å². The van der Waals surface area contributed by atoms with Crippen LogP contribution in [0.1, 0.15) is 90.6 Å². The highest BCUT2D eigenvalue weighted by atomic mass is 16.7. The summed E-state index contributed by atoms with van der Waals surface area (Å²) in [6.45, 7) is 21.7. The maximum atomic E-state index is 14.9. The number of ketones is 1. The van der Waals surface area contributed by atoms with Crippen molar-refractivity contribution < 1.29 is 53.4 Å². The molecule has 7 aliphatic heterocycles. The Hall–Kier alpha value is -5.07. The third-order valence-electron chi connectivity index (χ3n) is 15.2. The lowest BCUT2D eigenvalue weighted by Gasteiger charge is -2.52. The molecule has 2 unspecified atom stereocenters. The summed E-state index contributed by atoms with van der Waals surface area (Å²) in [5.74, 6) is -4.82. The van der Waals surface area contributed by atoms with E-state index in [1.54, 1.807) is 37.0 Å². The number of carbonyl (C=O) groups is 3. The van der Waals surface area contributed by atoms with Crippen LogP contribution in [-0.2, 0) is 23.7 Å². The van der Waals surface area contributed by atoms with E-state index < -0.39 is 70.7 Å². The number of benzene rings is 2. The molecular formula is C52H72N6O11. The number of ether oxygens (including phenoxy) is 5. The van der Waals surface area contributed by atoms with Crippen molar-refractivity contribution in [3.8, 4) is 17.2 Å². The second-order valence-electron chi connectivity index (χ2n) is 21.4. The highest BCUT2D eigenvalue weighted by Gasteiger charge is 2.51. The van der Waals surface area contributed by atoms with Crippen LogP contribution in [-0.4, -0.2) is 150 Å². The summed E-state index contributed by atoms with van der Waals surface area (Å²) in [6.07, 6.45) is 7.14. The quantitative estimate of drug-likeness (QED) is 0.285. The van der Waals surface area contributed by atoms with Crippen molar-refractivity contribution in [1.82, 2.24) is 14.7 Å². The van der Waals surface area contributed by atoms with Gasteiger partial charge in [-0.25, -0.2) is 9.79 Å². The van der Waals surface area contributed by atoms with E-state index in [0.717, 1.165) is 19.6 Å². The number of likely N-dealkylation sites (tertiary alicyclic amines) is 2. The summed E-state index contributed by atoms with van der Waals surface area (Å²) in [4.78, 5) is 58.9. The lowest BCUT2D eigenvalue weighted by atomic mass is 9.79. The molecule has 5 bridgehead atoms. The topological polar surface area (TPSA) is 205 Å². The van der Waals surface area contributed by atoms with Gasteiger partial charge < -0.3 is 59.0 Å². The number of likely N-dealkylation sites (N-methyl/N-ethyl adjacent to an activating group) is 1. The van der Waals surface area contributed by atoms with Crippen LogP contribution in [0.25, 0.3) is 10.8 Å². The predicted molar refractivity (Wildman–Crippen MR) is 259 cm³/mol. The first-order valence-corrected chi connectivity index (χ1v) is 24.6. The minimum Gasteiger partial charge on any atom is -0.507 e. The summed E-state index contributed by atoms with van der Waals surface area (Å²) in [5.41, 5.74) is -0.403. The van der Waals surface area contributed by atoms with E-state index in [9.17, 15) is 29.7 Å². The number of hydrogen-bond donors (Lipinski definition) is 4. The van der Waals surface area contributed by atoms with Gasteiger partial charge in [-0.3, -0.25) is 14.6 Å². The minimum atomic E-state index is -1.95. The number of carbonyl (C=O) groups excluding carboxylic acids is 3. The fraction of sp³-hybridized carbons (Fsp3) is 0.635. The van der Waals surface area contributed by atoms with E-state index in [2.05, 4.69) is 34.0 Å². The largest absolute Gasteiger partial charge is 0.507 e. The van der Waals surface area contributed by atoms with Crippen molar-refractivity contribution in [3.63, 3.8) is 0 Å². The van der Waals surface area contributed by atoms with Gasteiger partial charge in [-0.2, -0.15) is 0 Å². The number of nitrogens with one attached hydrogen (secondary N) is 1. The number of anilines is 1. The van der Waals surface area contributed by atoms with E-state index in [1.807, 2.05) is 40.8 Å². The highest BCUT2D eigenvalue weighted by Crippen LogP contribution is 2.51. The van der Waals surface area contributed by atoms with Crippen LogP contribution in [0.3, 0.4) is 0 Å². The maximum Gasteiger partial charge on any atom is 0.410 e. The van der Waals surface area contributed by atoms with Gasteiger partial charge in [-0.1, -0.05) is 59.8 Å². The molecule has 376 valence electrons. The number of allylic oxidation sites excluding steroid dienone is 3. The highest BCUT2D eigenvalue weighted by molar-refractivity contribution is 6.21. The molecule has 2 aromatic rings. The number of aliphatic hydroxyl groups excluding tert-OH is 1. The van der Waals surface area contributed by atoms with E-state index in [4.69, 9.17) is 28.7 Å². The summed E-state index contributed by atoms with van der Waals surface area (Å²) < 4.78 is 31.2. The Bertz CT molecular complexity index is 2570. The Morgan fingerprint density at radius 3 is 2.36 bits per heavy atom. The first-order valence-electron chi connectivity index (χ1n) is 24.6. The normalized spacial score (nSPS) is 32.4. The number of nitrogens with zero attached hydrogens (tertiary/aromatic N) is 5. The zero-order valence-corrected chi connectivity index (χ0v) is 42.1. The second kappa shape index (κ2) is 19.3. The molecular weight excluding hydrogens is 885 g/mol. The van der Waals surface area contributed by atoms with E-state index >= 15 is 0 Å². The van der Waals surface area contributed by atoms with Crippen LogP contribution < -0.4 is 20.8 Å². The van der Waals surface area contributed by atoms with Gasteiger partial charge in [0.15, 0.2) is 5.75 Å². The zero-order chi connectivity index (χ0) is 49.9. The fourth-order valence-corrected chi connectivity index (χ4v) is 11.4. The first-order chi connectivity index (χ1) is 32.6. The van der Waals surface area contributed by atoms with Crippen molar-refractivity contribution in [1.29, 1.82) is 0 Å². The molecule has 69 heavy (non-hydrogen) atoms. The molecule has 17 heteroatoms. The molecule has 3 saturated heterocycles. The third-order valence-corrected chi connectivity index (χ3v) is 15.2. The smallest absolute Gasteiger partial charge is 0.410 e. The summed E-state index contributed by atoms with van der Waals surface area (Å²) in [6, 6.07) is 0. The molecule has 2 spiro atoms. The van der Waals surface area contributed by atoms with Gasteiger partial charge in [0.1, 0.15) is 39.6 Å². The molecule has 9 rings (SSSR count). The van der Waals surface area contributed by atoms with Gasteiger partial charge in [-0.05, 0) is 51.1 Å². The number of piperidine rings is 1. The number of morpholine rings is 1. The Morgan fingerprint density at radius 1 is 0.986 bits per heavy atom. The Labute approximate surface area is 404 Å². The molecule has 3 fully saturated rings. The van der Waals surface area contributed by atoms with Crippen molar-refractivity contribution in [2.75, 3.05) is 71.9 Å². The van der Waals surface area contributed by atoms with Crippen molar-refractivity contribution >= 4 is 34.2 Å². The van der Waals surface area contributed by atoms with Gasteiger partial charge in [0, 0.05) is 94.5 Å². The number of methoxy groups -OCH3 is 1. The van der Waals surface area contributed by atoms with Crippen molar-refractivity contribution in [2.24, 2.45) is 39.6 Å². The molecule has 0 aliphatic carbocycles.